The molecule has 0 aliphatic heterocycles. The second-order valence-corrected chi connectivity index (χ2v) is 3.56. The number of aromatic nitrogens is 2. The number of rotatable bonds is 3. The number of aliphatic carboxylic acids is 1. The van der Waals surface area contributed by atoms with Gasteiger partial charge in [0.15, 0.2) is 5.16 Å². The maximum atomic E-state index is 10.3. The number of hydrogen-bond donors (Lipinski definition) is 1. The van der Waals surface area contributed by atoms with Crippen molar-refractivity contribution in [2.24, 2.45) is 0 Å². The smallest absolute Gasteiger partial charge is 0.313 e. The molecule has 0 saturated carbocycles. The van der Waals surface area contributed by atoms with Crippen LogP contribution in [-0.2, 0) is 4.79 Å². The van der Waals surface area contributed by atoms with E-state index in [9.17, 15) is 4.79 Å². The second kappa shape index (κ2) is 5.56. The summed E-state index contributed by atoms with van der Waals surface area (Å²) in [4.78, 5) is 18.5. The maximum Gasteiger partial charge on any atom is 0.313 e. The SMILES string of the molecule is Cc1cc(C)nc(SCC(=O)O)n1.O. The van der Waals surface area contributed by atoms with Crippen LogP contribution in [0, 0.1) is 13.8 Å². The van der Waals surface area contributed by atoms with Crippen molar-refractivity contribution >= 4 is 17.7 Å². The molecule has 0 fully saturated rings. The minimum Gasteiger partial charge on any atom is -0.481 e. The molecule has 0 unspecified atom stereocenters. The molecule has 0 bridgehead atoms. The van der Waals surface area contributed by atoms with Gasteiger partial charge >= 0.3 is 5.97 Å². The van der Waals surface area contributed by atoms with Gasteiger partial charge in [-0.2, -0.15) is 0 Å². The molecule has 1 heterocycles. The van der Waals surface area contributed by atoms with Crippen LogP contribution in [0.1, 0.15) is 11.4 Å². The molecule has 1 aromatic heterocycles. The molecular formula is C8H12N2O3S. The van der Waals surface area contributed by atoms with Crippen molar-refractivity contribution < 1.29 is 15.4 Å². The van der Waals surface area contributed by atoms with Crippen LogP contribution in [0.4, 0.5) is 0 Å². The van der Waals surface area contributed by atoms with Crippen molar-refractivity contribution in [3.05, 3.63) is 17.5 Å². The number of carbonyl (C=O) groups is 1. The van der Waals surface area contributed by atoms with Crippen molar-refractivity contribution in [3.8, 4) is 0 Å². The summed E-state index contributed by atoms with van der Waals surface area (Å²) in [5.41, 5.74) is 1.72. The van der Waals surface area contributed by atoms with E-state index in [2.05, 4.69) is 9.97 Å². The fraction of sp³-hybridized carbons (Fsp3) is 0.375. The van der Waals surface area contributed by atoms with Gasteiger partial charge in [0, 0.05) is 11.4 Å². The molecule has 0 radical (unpaired) electrons. The van der Waals surface area contributed by atoms with E-state index < -0.39 is 5.97 Å². The summed E-state index contributed by atoms with van der Waals surface area (Å²) in [5, 5.41) is 8.96. The normalized spacial score (nSPS) is 9.29. The summed E-state index contributed by atoms with van der Waals surface area (Å²) >= 11 is 1.14. The van der Waals surface area contributed by atoms with Crippen LogP contribution in [0.15, 0.2) is 11.2 Å². The summed E-state index contributed by atoms with van der Waals surface area (Å²) in [6.07, 6.45) is 0. The zero-order chi connectivity index (χ0) is 9.84. The third-order valence-corrected chi connectivity index (χ3v) is 2.12. The van der Waals surface area contributed by atoms with Crippen molar-refractivity contribution in [2.45, 2.75) is 19.0 Å². The van der Waals surface area contributed by atoms with E-state index >= 15 is 0 Å². The highest BCUT2D eigenvalue weighted by molar-refractivity contribution is 7.99. The van der Waals surface area contributed by atoms with Gasteiger partial charge in [-0.25, -0.2) is 9.97 Å². The highest BCUT2D eigenvalue weighted by atomic mass is 32.2. The summed E-state index contributed by atoms with van der Waals surface area (Å²) in [7, 11) is 0. The third kappa shape index (κ3) is 4.20. The summed E-state index contributed by atoms with van der Waals surface area (Å²) in [6.45, 7) is 3.72. The molecule has 3 N–H and O–H groups in total. The lowest BCUT2D eigenvalue weighted by Crippen LogP contribution is -2.00. The van der Waals surface area contributed by atoms with Crippen LogP contribution in [0.5, 0.6) is 0 Å². The second-order valence-electron chi connectivity index (χ2n) is 2.62. The Hall–Kier alpha value is -1.14. The molecular weight excluding hydrogens is 204 g/mol. The molecule has 0 amide bonds. The minimum atomic E-state index is -0.854. The Labute approximate surface area is 85.9 Å². The first-order valence-electron chi connectivity index (χ1n) is 3.75. The molecule has 78 valence electrons. The highest BCUT2D eigenvalue weighted by Crippen LogP contribution is 2.13. The van der Waals surface area contributed by atoms with E-state index in [0.717, 1.165) is 23.1 Å². The number of nitrogens with zero attached hydrogens (tertiary/aromatic N) is 2. The van der Waals surface area contributed by atoms with Gasteiger partial charge in [-0.3, -0.25) is 4.79 Å². The topological polar surface area (TPSA) is 94.6 Å². The van der Waals surface area contributed by atoms with Gasteiger partial charge in [0.1, 0.15) is 0 Å². The summed E-state index contributed by atoms with van der Waals surface area (Å²) in [5.74, 6) is -0.851. The molecule has 0 atom stereocenters. The van der Waals surface area contributed by atoms with Gasteiger partial charge in [0.25, 0.3) is 0 Å². The van der Waals surface area contributed by atoms with Gasteiger partial charge in [-0.05, 0) is 19.9 Å². The van der Waals surface area contributed by atoms with Crippen molar-refractivity contribution in [1.82, 2.24) is 9.97 Å². The lowest BCUT2D eigenvalue weighted by Gasteiger charge is -2.00. The van der Waals surface area contributed by atoms with Crippen molar-refractivity contribution in [3.63, 3.8) is 0 Å². The lowest BCUT2D eigenvalue weighted by molar-refractivity contribution is -0.133. The molecule has 1 rings (SSSR count). The average molecular weight is 216 g/mol. The van der Waals surface area contributed by atoms with E-state index in [1.807, 2.05) is 19.9 Å². The first kappa shape index (κ1) is 12.9. The molecule has 5 nitrogen and oxygen atoms in total. The molecule has 0 aromatic carbocycles. The van der Waals surface area contributed by atoms with Gasteiger partial charge in [0.2, 0.25) is 0 Å². The predicted molar refractivity (Wildman–Crippen MR) is 53.5 cm³/mol. The fourth-order valence-electron chi connectivity index (χ4n) is 0.884. The Balaban J connectivity index is 0.00000169. The van der Waals surface area contributed by atoms with Crippen LogP contribution in [0.2, 0.25) is 0 Å². The van der Waals surface area contributed by atoms with E-state index in [4.69, 9.17) is 5.11 Å². The quantitative estimate of drug-likeness (QED) is 0.584. The molecule has 0 spiro atoms. The zero-order valence-corrected chi connectivity index (χ0v) is 8.76. The van der Waals surface area contributed by atoms with E-state index in [-0.39, 0.29) is 11.2 Å². The lowest BCUT2D eigenvalue weighted by atomic mass is 10.4. The van der Waals surface area contributed by atoms with Crippen molar-refractivity contribution in [1.29, 1.82) is 0 Å². The fourth-order valence-corrected chi connectivity index (χ4v) is 1.55. The minimum absolute atomic E-state index is 0. The Kier molecular flexibility index (Phi) is 5.11. The van der Waals surface area contributed by atoms with Crippen LogP contribution in [0.3, 0.4) is 0 Å². The number of hydrogen-bond acceptors (Lipinski definition) is 4. The largest absolute Gasteiger partial charge is 0.481 e. The van der Waals surface area contributed by atoms with Crippen LogP contribution in [-0.4, -0.2) is 32.3 Å². The Bertz CT molecular complexity index is 310. The van der Waals surface area contributed by atoms with Crippen LogP contribution >= 0.6 is 11.8 Å². The van der Waals surface area contributed by atoms with Gasteiger partial charge in [-0.1, -0.05) is 11.8 Å². The van der Waals surface area contributed by atoms with Gasteiger partial charge in [-0.15, -0.1) is 0 Å². The summed E-state index contributed by atoms with van der Waals surface area (Å²) < 4.78 is 0. The van der Waals surface area contributed by atoms with Gasteiger partial charge < -0.3 is 10.6 Å². The molecule has 14 heavy (non-hydrogen) atoms. The zero-order valence-electron chi connectivity index (χ0n) is 7.94. The number of carboxylic acid groups (broad SMARTS) is 1. The molecule has 0 aliphatic rings. The van der Waals surface area contributed by atoms with Crippen molar-refractivity contribution in [2.75, 3.05) is 5.75 Å². The Morgan fingerprint density at radius 2 is 1.93 bits per heavy atom. The third-order valence-electron chi connectivity index (χ3n) is 1.29. The monoisotopic (exact) mass is 216 g/mol. The first-order valence-corrected chi connectivity index (χ1v) is 4.73. The molecule has 0 saturated heterocycles. The average Bonchev–Trinajstić information content (AvgIpc) is 1.99. The van der Waals surface area contributed by atoms with Crippen LogP contribution in [0.25, 0.3) is 0 Å². The molecule has 6 heteroatoms. The predicted octanol–water partition coefficient (Wildman–Crippen LogP) is 0.445. The number of thioether (sulfide) groups is 1. The van der Waals surface area contributed by atoms with E-state index in [0.29, 0.717) is 5.16 Å². The standard InChI is InChI=1S/C8H10N2O2S.H2O/c1-5-3-6(2)10-8(9-5)13-4-7(11)12;/h3H,4H2,1-2H3,(H,11,12);1H2. The van der Waals surface area contributed by atoms with Gasteiger partial charge in [0.05, 0.1) is 5.75 Å². The molecule has 0 aliphatic carbocycles. The number of carboxylic acids is 1. The maximum absolute atomic E-state index is 10.3. The summed E-state index contributed by atoms with van der Waals surface area (Å²) in [6, 6.07) is 1.85. The van der Waals surface area contributed by atoms with E-state index in [1.54, 1.807) is 0 Å². The van der Waals surface area contributed by atoms with Crippen LogP contribution < -0.4 is 0 Å². The van der Waals surface area contributed by atoms with E-state index in [1.165, 1.54) is 0 Å². The Morgan fingerprint density at radius 1 is 1.43 bits per heavy atom. The number of aryl methyl sites for hydroxylation is 2. The molecule has 1 aromatic rings. The Morgan fingerprint density at radius 3 is 2.36 bits per heavy atom. The first-order chi connectivity index (χ1) is 6.08. The highest BCUT2D eigenvalue weighted by Gasteiger charge is 2.03.